The van der Waals surface area contributed by atoms with Crippen molar-refractivity contribution >= 4 is 5.69 Å². The van der Waals surface area contributed by atoms with E-state index in [-0.39, 0.29) is 11.2 Å². The quantitative estimate of drug-likeness (QED) is 0.655. The third-order valence-corrected chi connectivity index (χ3v) is 3.63. The second-order valence-corrected chi connectivity index (χ2v) is 5.34. The minimum atomic E-state index is -0.394. The molecule has 2 N–H and O–H groups in total. The van der Waals surface area contributed by atoms with Gasteiger partial charge in [0.2, 0.25) is 0 Å². The summed E-state index contributed by atoms with van der Waals surface area (Å²) in [4.78, 5) is 10.3. The van der Waals surface area contributed by atoms with Crippen LogP contribution in [0, 0.1) is 10.1 Å². The van der Waals surface area contributed by atoms with Crippen LogP contribution in [-0.2, 0) is 11.3 Å². The van der Waals surface area contributed by atoms with E-state index < -0.39 is 4.92 Å². The van der Waals surface area contributed by atoms with E-state index in [9.17, 15) is 10.1 Å². The Morgan fingerprint density at radius 1 is 1.32 bits per heavy atom. The third kappa shape index (κ3) is 4.01. The van der Waals surface area contributed by atoms with Crippen LogP contribution in [0.25, 0.3) is 0 Å². The second-order valence-electron chi connectivity index (χ2n) is 5.34. The van der Waals surface area contributed by atoms with E-state index in [0.29, 0.717) is 13.2 Å². The van der Waals surface area contributed by atoms with Crippen LogP contribution in [0.1, 0.15) is 37.7 Å². The monoisotopic (exact) mass is 264 g/mol. The molecule has 1 aliphatic rings. The molecule has 0 bridgehead atoms. The average molecular weight is 264 g/mol. The minimum Gasteiger partial charge on any atom is -0.375 e. The zero-order valence-corrected chi connectivity index (χ0v) is 11.0. The fraction of sp³-hybridized carbons (Fsp3) is 0.571. The normalized spacial score (nSPS) is 18.2. The van der Waals surface area contributed by atoms with Gasteiger partial charge in [0.25, 0.3) is 5.69 Å². The Hall–Kier alpha value is -1.46. The first-order valence-corrected chi connectivity index (χ1v) is 6.69. The van der Waals surface area contributed by atoms with Gasteiger partial charge in [-0.25, -0.2) is 0 Å². The molecule has 0 atom stereocenters. The summed E-state index contributed by atoms with van der Waals surface area (Å²) in [6.45, 7) is 0.899. The lowest BCUT2D eigenvalue weighted by Gasteiger charge is -2.33. The van der Waals surface area contributed by atoms with Gasteiger partial charge in [-0.2, -0.15) is 0 Å². The van der Waals surface area contributed by atoms with Gasteiger partial charge < -0.3 is 10.5 Å². The Morgan fingerprint density at radius 2 is 2.05 bits per heavy atom. The number of nitro benzene ring substituents is 1. The number of benzene rings is 1. The van der Waals surface area contributed by atoms with E-state index in [1.807, 2.05) is 6.07 Å². The molecule has 0 radical (unpaired) electrons. The van der Waals surface area contributed by atoms with Crippen molar-refractivity contribution in [3.05, 3.63) is 39.9 Å². The van der Waals surface area contributed by atoms with Gasteiger partial charge in [-0.05, 0) is 18.4 Å². The fourth-order valence-electron chi connectivity index (χ4n) is 2.53. The van der Waals surface area contributed by atoms with Crippen LogP contribution >= 0.6 is 0 Å². The predicted octanol–water partition coefficient (Wildman–Crippen LogP) is 2.77. The molecule has 0 aliphatic heterocycles. The van der Waals surface area contributed by atoms with E-state index in [1.54, 1.807) is 12.1 Å². The van der Waals surface area contributed by atoms with Crippen LogP contribution in [0.5, 0.6) is 0 Å². The van der Waals surface area contributed by atoms with Gasteiger partial charge in [-0.3, -0.25) is 10.1 Å². The number of hydrogen-bond donors (Lipinski definition) is 1. The molecule has 0 heterocycles. The van der Waals surface area contributed by atoms with Crippen LogP contribution in [0.2, 0.25) is 0 Å². The van der Waals surface area contributed by atoms with Gasteiger partial charge in [0.05, 0.1) is 18.1 Å². The van der Waals surface area contributed by atoms with Gasteiger partial charge in [0.1, 0.15) is 0 Å². The maximum Gasteiger partial charge on any atom is 0.269 e. The summed E-state index contributed by atoms with van der Waals surface area (Å²) < 4.78 is 5.65. The van der Waals surface area contributed by atoms with Crippen molar-refractivity contribution in [3.63, 3.8) is 0 Å². The lowest BCUT2D eigenvalue weighted by atomic mass is 9.83. The summed E-state index contributed by atoms with van der Waals surface area (Å²) in [5, 5.41) is 10.7. The third-order valence-electron chi connectivity index (χ3n) is 3.63. The zero-order chi connectivity index (χ0) is 13.7. The van der Waals surface area contributed by atoms with Crippen LogP contribution < -0.4 is 5.73 Å². The lowest BCUT2D eigenvalue weighted by Crippen LogP contribution is -2.46. The predicted molar refractivity (Wildman–Crippen MR) is 72.8 cm³/mol. The highest BCUT2D eigenvalue weighted by molar-refractivity contribution is 5.33. The molecule has 1 fully saturated rings. The first-order chi connectivity index (χ1) is 9.09. The molecule has 0 aromatic heterocycles. The number of hydrogen-bond acceptors (Lipinski definition) is 4. The van der Waals surface area contributed by atoms with Gasteiger partial charge in [0, 0.05) is 17.7 Å². The molecule has 19 heavy (non-hydrogen) atoms. The van der Waals surface area contributed by atoms with Gasteiger partial charge in [-0.15, -0.1) is 0 Å². The SMILES string of the molecule is NC1(COCc2cccc([N+](=O)[O-])c2)CCCCC1. The number of nitrogens with two attached hydrogens (primary N) is 1. The summed E-state index contributed by atoms with van der Waals surface area (Å²) in [6.07, 6.45) is 5.58. The van der Waals surface area contributed by atoms with Gasteiger partial charge >= 0.3 is 0 Å². The molecule has 0 saturated heterocycles. The highest BCUT2D eigenvalue weighted by atomic mass is 16.6. The van der Waals surface area contributed by atoms with Crippen LogP contribution in [0.4, 0.5) is 5.69 Å². The molecule has 1 aromatic carbocycles. The van der Waals surface area contributed by atoms with Crippen molar-refractivity contribution in [1.82, 2.24) is 0 Å². The Labute approximate surface area is 112 Å². The van der Waals surface area contributed by atoms with Crippen molar-refractivity contribution in [1.29, 1.82) is 0 Å². The van der Waals surface area contributed by atoms with E-state index in [0.717, 1.165) is 31.2 Å². The summed E-state index contributed by atoms with van der Waals surface area (Å²) in [5.41, 5.74) is 6.97. The first kappa shape index (κ1) is 14.0. The maximum atomic E-state index is 10.7. The van der Waals surface area contributed by atoms with Crippen molar-refractivity contribution in [2.24, 2.45) is 5.73 Å². The molecule has 2 rings (SSSR count). The summed E-state index contributed by atoms with van der Waals surface area (Å²) in [6, 6.07) is 6.53. The molecule has 104 valence electrons. The molecule has 0 unspecified atom stereocenters. The van der Waals surface area contributed by atoms with Crippen molar-refractivity contribution in [3.8, 4) is 0 Å². The summed E-state index contributed by atoms with van der Waals surface area (Å²) >= 11 is 0. The Bertz CT molecular complexity index is 442. The van der Waals surface area contributed by atoms with E-state index in [2.05, 4.69) is 0 Å². The largest absolute Gasteiger partial charge is 0.375 e. The highest BCUT2D eigenvalue weighted by Crippen LogP contribution is 2.26. The molecular formula is C14H20N2O3. The number of nitrogens with zero attached hydrogens (tertiary/aromatic N) is 1. The standard InChI is InChI=1S/C14H20N2O3/c15-14(7-2-1-3-8-14)11-19-10-12-5-4-6-13(9-12)16(17)18/h4-6,9H,1-3,7-8,10-11,15H2. The summed E-state index contributed by atoms with van der Waals surface area (Å²) in [5.74, 6) is 0. The number of non-ortho nitro benzene ring substituents is 1. The second kappa shape index (κ2) is 6.12. The molecule has 0 amide bonds. The van der Waals surface area contributed by atoms with Crippen LogP contribution in [0.3, 0.4) is 0 Å². The van der Waals surface area contributed by atoms with Gasteiger partial charge in [-0.1, -0.05) is 31.4 Å². The first-order valence-electron chi connectivity index (χ1n) is 6.69. The Morgan fingerprint density at radius 3 is 2.74 bits per heavy atom. The topological polar surface area (TPSA) is 78.4 Å². The van der Waals surface area contributed by atoms with E-state index in [1.165, 1.54) is 12.5 Å². The van der Waals surface area contributed by atoms with Crippen molar-refractivity contribution in [2.75, 3.05) is 6.61 Å². The molecule has 1 aliphatic carbocycles. The number of rotatable bonds is 5. The molecule has 5 nitrogen and oxygen atoms in total. The average Bonchev–Trinajstić information content (AvgIpc) is 2.39. The lowest BCUT2D eigenvalue weighted by molar-refractivity contribution is -0.384. The molecule has 5 heteroatoms. The van der Waals surface area contributed by atoms with Crippen LogP contribution in [0.15, 0.2) is 24.3 Å². The minimum absolute atomic E-state index is 0.0984. The molecule has 0 spiro atoms. The summed E-state index contributed by atoms with van der Waals surface area (Å²) in [7, 11) is 0. The van der Waals surface area contributed by atoms with Gasteiger partial charge in [0.15, 0.2) is 0 Å². The maximum absolute atomic E-state index is 10.7. The highest BCUT2D eigenvalue weighted by Gasteiger charge is 2.27. The molecular weight excluding hydrogens is 244 g/mol. The molecule has 1 saturated carbocycles. The number of ether oxygens (including phenoxy) is 1. The Kier molecular flexibility index (Phi) is 4.50. The smallest absolute Gasteiger partial charge is 0.269 e. The van der Waals surface area contributed by atoms with E-state index in [4.69, 9.17) is 10.5 Å². The zero-order valence-electron chi connectivity index (χ0n) is 11.0. The fourth-order valence-corrected chi connectivity index (χ4v) is 2.53. The van der Waals surface area contributed by atoms with E-state index >= 15 is 0 Å². The number of nitro groups is 1. The van der Waals surface area contributed by atoms with Crippen LogP contribution in [-0.4, -0.2) is 17.1 Å². The van der Waals surface area contributed by atoms with Crippen molar-refractivity contribution < 1.29 is 9.66 Å². The van der Waals surface area contributed by atoms with Crippen molar-refractivity contribution in [2.45, 2.75) is 44.2 Å². The Balaban J connectivity index is 1.85. The molecule has 1 aromatic rings.